The van der Waals surface area contributed by atoms with Crippen LogP contribution in [0.4, 0.5) is 0 Å². The summed E-state index contributed by atoms with van der Waals surface area (Å²) in [6.45, 7) is 6.24. The molecule has 0 spiro atoms. The van der Waals surface area contributed by atoms with E-state index in [1.165, 1.54) is 5.56 Å². The standard InChI is InChI=1S/C12H17BrO/c1-9(2)14-12-7-5-4-6-11(12)8-10(3)13/h4-7,9-10H,8H2,1-3H3. The summed E-state index contributed by atoms with van der Waals surface area (Å²) in [5.41, 5.74) is 1.27. The zero-order valence-electron chi connectivity index (χ0n) is 8.96. The summed E-state index contributed by atoms with van der Waals surface area (Å²) >= 11 is 3.56. The van der Waals surface area contributed by atoms with Crippen molar-refractivity contribution in [3.8, 4) is 5.75 Å². The molecule has 1 atom stereocenters. The van der Waals surface area contributed by atoms with Crippen molar-refractivity contribution >= 4 is 15.9 Å². The number of alkyl halides is 1. The van der Waals surface area contributed by atoms with Crippen LogP contribution in [0.25, 0.3) is 0 Å². The van der Waals surface area contributed by atoms with Crippen molar-refractivity contribution in [2.75, 3.05) is 0 Å². The third-order valence-corrected chi connectivity index (χ3v) is 2.16. The minimum absolute atomic E-state index is 0.238. The van der Waals surface area contributed by atoms with Crippen molar-refractivity contribution in [3.05, 3.63) is 29.8 Å². The predicted molar refractivity (Wildman–Crippen MR) is 64.3 cm³/mol. The predicted octanol–water partition coefficient (Wildman–Crippen LogP) is 3.80. The van der Waals surface area contributed by atoms with Gasteiger partial charge in [-0.25, -0.2) is 0 Å². The molecule has 1 aromatic rings. The van der Waals surface area contributed by atoms with E-state index in [1.807, 2.05) is 26.0 Å². The van der Waals surface area contributed by atoms with Gasteiger partial charge in [-0.2, -0.15) is 0 Å². The topological polar surface area (TPSA) is 9.23 Å². The minimum atomic E-state index is 0.238. The Kier molecular flexibility index (Phi) is 4.46. The zero-order chi connectivity index (χ0) is 10.6. The molecule has 0 fully saturated rings. The molecule has 0 saturated carbocycles. The van der Waals surface area contributed by atoms with E-state index in [-0.39, 0.29) is 6.10 Å². The van der Waals surface area contributed by atoms with Gasteiger partial charge in [0.15, 0.2) is 0 Å². The third kappa shape index (κ3) is 3.70. The van der Waals surface area contributed by atoms with E-state index < -0.39 is 0 Å². The fourth-order valence-corrected chi connectivity index (χ4v) is 1.69. The maximum absolute atomic E-state index is 5.73. The van der Waals surface area contributed by atoms with Gasteiger partial charge >= 0.3 is 0 Å². The second kappa shape index (κ2) is 5.40. The zero-order valence-corrected chi connectivity index (χ0v) is 10.5. The first-order valence-electron chi connectivity index (χ1n) is 4.98. The lowest BCUT2D eigenvalue weighted by atomic mass is 10.1. The summed E-state index contributed by atoms with van der Waals surface area (Å²) in [4.78, 5) is 0.486. The van der Waals surface area contributed by atoms with Gasteiger partial charge in [0.25, 0.3) is 0 Å². The number of benzene rings is 1. The molecular weight excluding hydrogens is 240 g/mol. The lowest BCUT2D eigenvalue weighted by molar-refractivity contribution is 0.240. The quantitative estimate of drug-likeness (QED) is 0.745. The Labute approximate surface area is 94.6 Å². The molecule has 0 aliphatic heterocycles. The summed E-state index contributed by atoms with van der Waals surface area (Å²) in [7, 11) is 0. The molecule has 0 amide bonds. The molecule has 0 radical (unpaired) electrons. The SMILES string of the molecule is CC(Br)Cc1ccccc1OC(C)C. The highest BCUT2D eigenvalue weighted by atomic mass is 79.9. The van der Waals surface area contributed by atoms with Gasteiger partial charge in [-0.3, -0.25) is 0 Å². The summed E-state index contributed by atoms with van der Waals surface area (Å²) in [6, 6.07) is 8.22. The van der Waals surface area contributed by atoms with Crippen LogP contribution in [0.15, 0.2) is 24.3 Å². The third-order valence-electron chi connectivity index (χ3n) is 1.84. The van der Waals surface area contributed by atoms with E-state index in [0.29, 0.717) is 4.83 Å². The van der Waals surface area contributed by atoms with Gasteiger partial charge in [-0.1, -0.05) is 41.1 Å². The van der Waals surface area contributed by atoms with Crippen molar-refractivity contribution in [1.29, 1.82) is 0 Å². The van der Waals surface area contributed by atoms with Gasteiger partial charge in [-0.15, -0.1) is 0 Å². The first-order valence-corrected chi connectivity index (χ1v) is 5.89. The van der Waals surface area contributed by atoms with Gasteiger partial charge in [0.1, 0.15) is 5.75 Å². The first kappa shape index (κ1) is 11.6. The fraction of sp³-hybridized carbons (Fsp3) is 0.500. The maximum atomic E-state index is 5.73. The lowest BCUT2D eigenvalue weighted by Crippen LogP contribution is -2.08. The van der Waals surface area contributed by atoms with Gasteiger partial charge < -0.3 is 4.74 Å². The number of ether oxygens (including phenoxy) is 1. The number of para-hydroxylation sites is 1. The molecule has 1 unspecified atom stereocenters. The van der Waals surface area contributed by atoms with Crippen LogP contribution in [0.2, 0.25) is 0 Å². The number of hydrogen-bond acceptors (Lipinski definition) is 1. The summed E-state index contributed by atoms with van der Waals surface area (Å²) < 4.78 is 5.73. The Balaban J connectivity index is 2.80. The highest BCUT2D eigenvalue weighted by Gasteiger charge is 2.06. The molecular formula is C12H17BrO. The van der Waals surface area contributed by atoms with Gasteiger partial charge in [0.2, 0.25) is 0 Å². The van der Waals surface area contributed by atoms with Gasteiger partial charge in [0.05, 0.1) is 6.10 Å². The monoisotopic (exact) mass is 256 g/mol. The van der Waals surface area contributed by atoms with E-state index in [9.17, 15) is 0 Å². The number of halogens is 1. The Morgan fingerprint density at radius 1 is 1.21 bits per heavy atom. The average Bonchev–Trinajstić information content (AvgIpc) is 2.06. The summed E-state index contributed by atoms with van der Waals surface area (Å²) in [6.07, 6.45) is 1.24. The molecule has 0 aliphatic rings. The fourth-order valence-electron chi connectivity index (χ4n) is 1.34. The van der Waals surface area contributed by atoms with E-state index >= 15 is 0 Å². The van der Waals surface area contributed by atoms with E-state index in [0.717, 1.165) is 12.2 Å². The normalized spacial score (nSPS) is 12.9. The Morgan fingerprint density at radius 2 is 1.86 bits per heavy atom. The molecule has 0 bridgehead atoms. The molecule has 2 heteroatoms. The van der Waals surface area contributed by atoms with Crippen molar-refractivity contribution in [3.63, 3.8) is 0 Å². The van der Waals surface area contributed by atoms with Gasteiger partial charge in [0, 0.05) is 4.83 Å². The molecule has 14 heavy (non-hydrogen) atoms. The van der Waals surface area contributed by atoms with Crippen LogP contribution in [0.1, 0.15) is 26.3 Å². The number of hydrogen-bond donors (Lipinski definition) is 0. The van der Waals surface area contributed by atoms with Crippen molar-refractivity contribution in [1.82, 2.24) is 0 Å². The molecule has 1 aromatic carbocycles. The highest BCUT2D eigenvalue weighted by molar-refractivity contribution is 9.09. The van der Waals surface area contributed by atoms with Crippen molar-refractivity contribution < 1.29 is 4.74 Å². The molecule has 0 aliphatic carbocycles. The summed E-state index contributed by atoms with van der Waals surface area (Å²) in [5.74, 6) is 1.01. The lowest BCUT2D eigenvalue weighted by Gasteiger charge is -2.14. The molecule has 0 heterocycles. The van der Waals surface area contributed by atoms with Crippen LogP contribution in [-0.2, 0) is 6.42 Å². The average molecular weight is 257 g/mol. The van der Waals surface area contributed by atoms with Crippen molar-refractivity contribution in [2.24, 2.45) is 0 Å². The molecule has 1 nitrogen and oxygen atoms in total. The smallest absolute Gasteiger partial charge is 0.122 e. The van der Waals surface area contributed by atoms with Crippen molar-refractivity contribution in [2.45, 2.75) is 38.1 Å². The van der Waals surface area contributed by atoms with Crippen LogP contribution in [-0.4, -0.2) is 10.9 Å². The largest absolute Gasteiger partial charge is 0.491 e. The molecule has 0 aromatic heterocycles. The number of rotatable bonds is 4. The molecule has 1 rings (SSSR count). The highest BCUT2D eigenvalue weighted by Crippen LogP contribution is 2.22. The minimum Gasteiger partial charge on any atom is -0.491 e. The molecule has 0 N–H and O–H groups in total. The van der Waals surface area contributed by atoms with Crippen LogP contribution in [0, 0.1) is 0 Å². The molecule has 0 saturated heterocycles. The summed E-state index contributed by atoms with van der Waals surface area (Å²) in [5, 5.41) is 0. The van der Waals surface area contributed by atoms with Crippen LogP contribution in [0.5, 0.6) is 5.75 Å². The Hall–Kier alpha value is -0.500. The Morgan fingerprint density at radius 3 is 2.43 bits per heavy atom. The van der Waals surface area contributed by atoms with E-state index in [1.54, 1.807) is 0 Å². The first-order chi connectivity index (χ1) is 6.59. The second-order valence-corrected chi connectivity index (χ2v) is 5.32. The van der Waals surface area contributed by atoms with Crippen LogP contribution >= 0.6 is 15.9 Å². The Bertz CT molecular complexity index is 252. The van der Waals surface area contributed by atoms with Crippen LogP contribution < -0.4 is 4.74 Å². The molecule has 78 valence electrons. The van der Waals surface area contributed by atoms with E-state index in [4.69, 9.17) is 4.74 Å². The van der Waals surface area contributed by atoms with Gasteiger partial charge in [-0.05, 0) is 31.9 Å². The maximum Gasteiger partial charge on any atom is 0.122 e. The van der Waals surface area contributed by atoms with E-state index in [2.05, 4.69) is 35.0 Å². The van der Waals surface area contributed by atoms with Crippen LogP contribution in [0.3, 0.4) is 0 Å². The second-order valence-electron chi connectivity index (χ2n) is 3.76.